The highest BCUT2D eigenvalue weighted by Crippen LogP contribution is 2.40. The molecule has 0 atom stereocenters. The number of piperidine rings is 1. The van der Waals surface area contributed by atoms with Crippen LogP contribution in [-0.2, 0) is 20.4 Å². The number of rotatable bonds is 3. The van der Waals surface area contributed by atoms with Crippen molar-refractivity contribution >= 4 is 12.0 Å². The Labute approximate surface area is 183 Å². The number of phenols is 1. The molecule has 0 aromatic heterocycles. The number of nitrogens with one attached hydrogen (secondary N) is 1. The first kappa shape index (κ1) is 24.5. The molecule has 1 aliphatic heterocycles. The Hall–Kier alpha value is -1.81. The topological polar surface area (TPSA) is 58.6 Å². The van der Waals surface area contributed by atoms with Crippen LogP contribution in [0.5, 0.6) is 5.75 Å². The lowest BCUT2D eigenvalue weighted by Crippen LogP contribution is -2.59. The van der Waals surface area contributed by atoms with Gasteiger partial charge >= 0.3 is 5.97 Å². The van der Waals surface area contributed by atoms with Gasteiger partial charge in [0.2, 0.25) is 0 Å². The zero-order valence-corrected chi connectivity index (χ0v) is 20.6. The van der Waals surface area contributed by atoms with Crippen molar-refractivity contribution < 1.29 is 14.6 Å². The number of ether oxygens (including phenoxy) is 1. The minimum absolute atomic E-state index is 0.0728. The Morgan fingerprint density at radius 2 is 1.43 bits per heavy atom. The molecule has 0 saturated carbocycles. The molecule has 0 aliphatic carbocycles. The maximum atomic E-state index is 12.6. The molecule has 168 valence electrons. The van der Waals surface area contributed by atoms with E-state index in [-0.39, 0.29) is 34.0 Å². The summed E-state index contributed by atoms with van der Waals surface area (Å²) in [6.07, 6.45) is 4.77. The molecule has 4 heteroatoms. The van der Waals surface area contributed by atoms with Crippen LogP contribution in [-0.4, -0.2) is 28.3 Å². The van der Waals surface area contributed by atoms with Crippen LogP contribution < -0.4 is 5.32 Å². The van der Waals surface area contributed by atoms with Crippen molar-refractivity contribution in [3.05, 3.63) is 34.9 Å². The molecule has 1 aromatic carbocycles. The fourth-order valence-electron chi connectivity index (χ4n) is 4.58. The molecule has 2 rings (SSSR count). The maximum Gasteiger partial charge on any atom is 0.331 e. The van der Waals surface area contributed by atoms with E-state index in [9.17, 15) is 9.90 Å². The summed E-state index contributed by atoms with van der Waals surface area (Å²) in [6.45, 7) is 21.0. The van der Waals surface area contributed by atoms with Crippen molar-refractivity contribution in [2.24, 2.45) is 0 Å². The Morgan fingerprint density at radius 3 is 1.83 bits per heavy atom. The van der Waals surface area contributed by atoms with Crippen LogP contribution in [0, 0.1) is 0 Å². The number of carbonyl (C=O) groups excluding carboxylic acids is 1. The van der Waals surface area contributed by atoms with E-state index in [1.165, 1.54) is 6.08 Å². The molecule has 0 unspecified atom stereocenters. The number of esters is 1. The number of carbonyl (C=O) groups is 1. The summed E-state index contributed by atoms with van der Waals surface area (Å²) in [7, 11) is 0. The van der Waals surface area contributed by atoms with E-state index >= 15 is 0 Å². The van der Waals surface area contributed by atoms with Gasteiger partial charge in [-0.05, 0) is 62.3 Å². The van der Waals surface area contributed by atoms with Crippen molar-refractivity contribution in [3.8, 4) is 5.75 Å². The molecule has 0 radical (unpaired) electrons. The summed E-state index contributed by atoms with van der Waals surface area (Å²) in [6, 6.07) is 3.93. The van der Waals surface area contributed by atoms with Crippen LogP contribution in [0.1, 0.15) is 98.8 Å². The summed E-state index contributed by atoms with van der Waals surface area (Å²) < 4.78 is 5.79. The molecule has 1 aliphatic rings. The molecule has 2 N–H and O–H groups in total. The maximum absolute atomic E-state index is 12.6. The summed E-state index contributed by atoms with van der Waals surface area (Å²) in [4.78, 5) is 12.6. The van der Waals surface area contributed by atoms with Crippen molar-refractivity contribution in [1.82, 2.24) is 5.32 Å². The van der Waals surface area contributed by atoms with Crippen molar-refractivity contribution in [1.29, 1.82) is 0 Å². The second-order valence-electron chi connectivity index (χ2n) is 12.2. The smallest absolute Gasteiger partial charge is 0.331 e. The molecule has 0 spiro atoms. The highest BCUT2D eigenvalue weighted by atomic mass is 16.5. The largest absolute Gasteiger partial charge is 0.507 e. The van der Waals surface area contributed by atoms with Crippen LogP contribution >= 0.6 is 0 Å². The van der Waals surface area contributed by atoms with Gasteiger partial charge in [0.1, 0.15) is 11.9 Å². The van der Waals surface area contributed by atoms with Gasteiger partial charge in [-0.3, -0.25) is 0 Å². The Morgan fingerprint density at radius 1 is 1.00 bits per heavy atom. The lowest BCUT2D eigenvalue weighted by atomic mass is 9.78. The van der Waals surface area contributed by atoms with E-state index in [0.29, 0.717) is 5.75 Å². The average Bonchev–Trinajstić information content (AvgIpc) is 2.48. The van der Waals surface area contributed by atoms with E-state index in [2.05, 4.69) is 74.6 Å². The van der Waals surface area contributed by atoms with E-state index in [0.717, 1.165) is 29.5 Å². The average molecular weight is 416 g/mol. The number of hydrogen-bond acceptors (Lipinski definition) is 4. The first-order valence-corrected chi connectivity index (χ1v) is 11.0. The van der Waals surface area contributed by atoms with Gasteiger partial charge in [0.15, 0.2) is 0 Å². The fraction of sp³-hybridized carbons (Fsp3) is 0.654. The Balaban J connectivity index is 2.26. The third kappa shape index (κ3) is 6.34. The molecule has 1 saturated heterocycles. The second kappa shape index (κ2) is 8.03. The number of aromatic hydroxyl groups is 1. The molecule has 1 fully saturated rings. The van der Waals surface area contributed by atoms with Gasteiger partial charge in [-0.2, -0.15) is 0 Å². The number of hydrogen-bond donors (Lipinski definition) is 2. The normalized spacial score (nSPS) is 19.8. The quantitative estimate of drug-likeness (QED) is 0.480. The van der Waals surface area contributed by atoms with Crippen LogP contribution in [0.2, 0.25) is 0 Å². The summed E-state index contributed by atoms with van der Waals surface area (Å²) >= 11 is 0. The highest BCUT2D eigenvalue weighted by molar-refractivity contribution is 5.87. The standard InChI is InChI=1S/C26H41NO3/c1-23(2,3)19-13-17(14-20(22(19)29)24(4,5)6)11-12-21(28)30-18-15-25(7,8)27-26(9,10)16-18/h11-14,18,27,29H,15-16H2,1-10H3/b12-11+. The van der Waals surface area contributed by atoms with Crippen molar-refractivity contribution in [2.45, 2.75) is 110 Å². The summed E-state index contributed by atoms with van der Waals surface area (Å²) in [5.74, 6) is 0.0186. The van der Waals surface area contributed by atoms with Gasteiger partial charge < -0.3 is 15.2 Å². The summed E-state index contributed by atoms with van der Waals surface area (Å²) in [5.41, 5.74) is 2.09. The lowest BCUT2D eigenvalue weighted by Gasteiger charge is -2.45. The van der Waals surface area contributed by atoms with Gasteiger partial charge in [-0.25, -0.2) is 4.79 Å². The van der Waals surface area contributed by atoms with Crippen molar-refractivity contribution in [3.63, 3.8) is 0 Å². The van der Waals surface area contributed by atoms with Crippen LogP contribution in [0.4, 0.5) is 0 Å². The van der Waals surface area contributed by atoms with Crippen molar-refractivity contribution in [2.75, 3.05) is 0 Å². The monoisotopic (exact) mass is 415 g/mol. The lowest BCUT2D eigenvalue weighted by molar-refractivity contribution is -0.146. The molecular formula is C26H41NO3. The number of benzene rings is 1. The van der Waals surface area contributed by atoms with Gasteiger partial charge in [0, 0.05) is 41.1 Å². The first-order valence-electron chi connectivity index (χ1n) is 11.0. The molecule has 0 bridgehead atoms. The second-order valence-corrected chi connectivity index (χ2v) is 12.2. The molecule has 30 heavy (non-hydrogen) atoms. The minimum Gasteiger partial charge on any atom is -0.507 e. The third-order valence-electron chi connectivity index (χ3n) is 5.60. The van der Waals surface area contributed by atoms with Gasteiger partial charge in [0.05, 0.1) is 0 Å². The zero-order valence-electron chi connectivity index (χ0n) is 20.6. The van der Waals surface area contributed by atoms with E-state index in [1.807, 2.05) is 12.1 Å². The van der Waals surface area contributed by atoms with Gasteiger partial charge in [-0.1, -0.05) is 41.5 Å². The predicted octanol–water partition coefficient (Wildman–Crippen LogP) is 5.85. The fourth-order valence-corrected chi connectivity index (χ4v) is 4.58. The van der Waals surface area contributed by atoms with Gasteiger partial charge in [-0.15, -0.1) is 0 Å². The Kier molecular flexibility index (Phi) is 6.55. The molecule has 1 heterocycles. The Bertz CT molecular complexity index is 769. The molecule has 0 amide bonds. The zero-order chi connectivity index (χ0) is 23.1. The van der Waals surface area contributed by atoms with Gasteiger partial charge in [0.25, 0.3) is 0 Å². The SMILES string of the molecule is CC1(C)CC(OC(=O)/C=C/c2cc(C(C)(C)C)c(O)c(C(C)(C)C)c2)CC(C)(C)N1. The van der Waals surface area contributed by atoms with Crippen LogP contribution in [0.3, 0.4) is 0 Å². The molecule has 4 nitrogen and oxygen atoms in total. The molecule has 1 aromatic rings. The highest BCUT2D eigenvalue weighted by Gasteiger charge is 2.39. The van der Waals surface area contributed by atoms with E-state index in [1.54, 1.807) is 6.08 Å². The minimum atomic E-state index is -0.323. The van der Waals surface area contributed by atoms with E-state index in [4.69, 9.17) is 4.74 Å². The summed E-state index contributed by atoms with van der Waals surface area (Å²) in [5, 5.41) is 14.5. The number of phenolic OH excluding ortho intramolecular Hbond substituents is 1. The molecular weight excluding hydrogens is 374 g/mol. The van der Waals surface area contributed by atoms with E-state index < -0.39 is 0 Å². The van der Waals surface area contributed by atoms with Crippen LogP contribution in [0.15, 0.2) is 18.2 Å². The third-order valence-corrected chi connectivity index (χ3v) is 5.60. The first-order chi connectivity index (χ1) is 13.4. The predicted molar refractivity (Wildman–Crippen MR) is 125 cm³/mol. The van der Waals surface area contributed by atoms with Crippen LogP contribution in [0.25, 0.3) is 6.08 Å².